The zero-order valence-corrected chi connectivity index (χ0v) is 8.42. The van der Waals surface area contributed by atoms with E-state index in [9.17, 15) is 4.79 Å². The van der Waals surface area contributed by atoms with Gasteiger partial charge in [0.05, 0.1) is 0 Å². The number of carbonyl (C=O) groups is 1. The van der Waals surface area contributed by atoms with Crippen molar-refractivity contribution in [2.24, 2.45) is 11.7 Å². The van der Waals surface area contributed by atoms with Crippen LogP contribution in [-0.2, 0) is 4.79 Å². The summed E-state index contributed by atoms with van der Waals surface area (Å²) >= 11 is 0. The van der Waals surface area contributed by atoms with E-state index < -0.39 is 0 Å². The van der Waals surface area contributed by atoms with Crippen LogP contribution in [0.2, 0.25) is 0 Å². The van der Waals surface area contributed by atoms with E-state index in [1.54, 1.807) is 0 Å². The van der Waals surface area contributed by atoms with Crippen molar-refractivity contribution in [3.8, 4) is 0 Å². The van der Waals surface area contributed by atoms with Crippen LogP contribution in [0.5, 0.6) is 0 Å². The number of carbonyl (C=O) groups excluding carboxylic acids is 1. The van der Waals surface area contributed by atoms with Crippen LogP contribution >= 0.6 is 0 Å². The fraction of sp³-hybridized carbons (Fsp3) is 0.700. The highest BCUT2D eigenvalue weighted by Gasteiger charge is 2.29. The molecule has 13 heavy (non-hydrogen) atoms. The maximum atomic E-state index is 11.1. The lowest BCUT2D eigenvalue weighted by Gasteiger charge is -2.27. The minimum atomic E-state index is -0.238. The lowest BCUT2D eigenvalue weighted by molar-refractivity contribution is -0.122. The normalized spacial score (nSPS) is 24.9. The smallest absolute Gasteiger partial charge is 0.240 e. The van der Waals surface area contributed by atoms with Crippen molar-refractivity contribution in [3.05, 3.63) is 12.3 Å². The summed E-state index contributed by atoms with van der Waals surface area (Å²) in [7, 11) is 0. The third kappa shape index (κ3) is 2.02. The van der Waals surface area contributed by atoms with E-state index in [1.807, 2.05) is 11.8 Å². The molecule has 0 bridgehead atoms. The minimum absolute atomic E-state index is 0.155. The SMILES string of the molecule is C=C1CC(C)CN1C(CC)C(N)=O. The second-order valence-electron chi connectivity index (χ2n) is 3.85. The van der Waals surface area contributed by atoms with Crippen molar-refractivity contribution in [3.63, 3.8) is 0 Å². The molecule has 3 heteroatoms. The number of primary amides is 1. The van der Waals surface area contributed by atoms with E-state index in [2.05, 4.69) is 13.5 Å². The van der Waals surface area contributed by atoms with Gasteiger partial charge in [0.2, 0.25) is 5.91 Å². The van der Waals surface area contributed by atoms with Crippen LogP contribution in [0.25, 0.3) is 0 Å². The van der Waals surface area contributed by atoms with Gasteiger partial charge in [-0.2, -0.15) is 0 Å². The Balaban J connectivity index is 2.69. The summed E-state index contributed by atoms with van der Waals surface area (Å²) in [5.41, 5.74) is 6.37. The fourth-order valence-corrected chi connectivity index (χ4v) is 1.97. The molecule has 0 aromatic rings. The Labute approximate surface area is 79.6 Å². The Morgan fingerprint density at radius 1 is 1.85 bits per heavy atom. The molecule has 3 nitrogen and oxygen atoms in total. The summed E-state index contributed by atoms with van der Waals surface area (Å²) in [5, 5.41) is 0. The quantitative estimate of drug-likeness (QED) is 0.710. The second kappa shape index (κ2) is 3.81. The summed E-state index contributed by atoms with van der Waals surface area (Å²) in [5.74, 6) is 0.360. The van der Waals surface area contributed by atoms with Gasteiger partial charge < -0.3 is 10.6 Å². The number of hydrogen-bond acceptors (Lipinski definition) is 2. The average Bonchev–Trinajstić information content (AvgIpc) is 2.31. The summed E-state index contributed by atoms with van der Waals surface area (Å²) in [4.78, 5) is 13.2. The van der Waals surface area contributed by atoms with Gasteiger partial charge >= 0.3 is 0 Å². The molecule has 0 saturated carbocycles. The van der Waals surface area contributed by atoms with Gasteiger partial charge in [0.15, 0.2) is 0 Å². The molecule has 74 valence electrons. The van der Waals surface area contributed by atoms with Crippen molar-refractivity contribution in [1.29, 1.82) is 0 Å². The molecule has 1 amide bonds. The van der Waals surface area contributed by atoms with Crippen molar-refractivity contribution in [2.45, 2.75) is 32.7 Å². The molecule has 1 rings (SSSR count). The number of hydrogen-bond donors (Lipinski definition) is 1. The molecule has 1 heterocycles. The highest BCUT2D eigenvalue weighted by molar-refractivity contribution is 5.80. The summed E-state index contributed by atoms with van der Waals surface area (Å²) in [6.45, 7) is 9.02. The largest absolute Gasteiger partial charge is 0.368 e. The summed E-state index contributed by atoms with van der Waals surface area (Å²) < 4.78 is 0. The van der Waals surface area contributed by atoms with E-state index in [-0.39, 0.29) is 11.9 Å². The number of amides is 1. The van der Waals surface area contributed by atoms with Crippen LogP contribution in [-0.4, -0.2) is 23.4 Å². The number of allylic oxidation sites excluding steroid dienone is 1. The molecule has 1 fully saturated rings. The number of nitrogens with zero attached hydrogens (tertiary/aromatic N) is 1. The predicted molar refractivity (Wildman–Crippen MR) is 52.9 cm³/mol. The van der Waals surface area contributed by atoms with Gasteiger partial charge in [0, 0.05) is 12.2 Å². The Hall–Kier alpha value is -0.990. The van der Waals surface area contributed by atoms with E-state index in [1.165, 1.54) is 0 Å². The Bertz CT molecular complexity index is 225. The fourth-order valence-electron chi connectivity index (χ4n) is 1.97. The van der Waals surface area contributed by atoms with Gasteiger partial charge in [-0.1, -0.05) is 20.4 Å². The topological polar surface area (TPSA) is 46.3 Å². The van der Waals surface area contributed by atoms with E-state index in [4.69, 9.17) is 5.73 Å². The second-order valence-corrected chi connectivity index (χ2v) is 3.85. The first-order valence-electron chi connectivity index (χ1n) is 4.80. The molecule has 2 unspecified atom stereocenters. The van der Waals surface area contributed by atoms with Crippen LogP contribution in [0.1, 0.15) is 26.7 Å². The van der Waals surface area contributed by atoms with E-state index in [0.717, 1.165) is 25.1 Å². The van der Waals surface area contributed by atoms with Crippen LogP contribution in [0, 0.1) is 5.92 Å². The predicted octanol–water partition coefficient (Wildman–Crippen LogP) is 1.11. The molecule has 1 aliphatic heterocycles. The molecule has 2 atom stereocenters. The van der Waals surface area contributed by atoms with Crippen LogP contribution in [0.4, 0.5) is 0 Å². The Morgan fingerprint density at radius 3 is 2.77 bits per heavy atom. The first kappa shape index (κ1) is 10.1. The zero-order chi connectivity index (χ0) is 10.0. The Morgan fingerprint density at radius 2 is 2.46 bits per heavy atom. The summed E-state index contributed by atoms with van der Waals surface area (Å²) in [6, 6.07) is -0.155. The molecule has 0 aromatic carbocycles. The van der Waals surface area contributed by atoms with Gasteiger partial charge in [0.25, 0.3) is 0 Å². The molecule has 0 aliphatic carbocycles. The lowest BCUT2D eigenvalue weighted by Crippen LogP contribution is -2.42. The molecule has 0 radical (unpaired) electrons. The molecule has 2 N–H and O–H groups in total. The van der Waals surface area contributed by atoms with Gasteiger partial charge in [-0.3, -0.25) is 4.79 Å². The number of rotatable bonds is 3. The minimum Gasteiger partial charge on any atom is -0.368 e. The number of nitrogens with two attached hydrogens (primary N) is 1. The van der Waals surface area contributed by atoms with E-state index in [0.29, 0.717) is 5.92 Å². The van der Waals surface area contributed by atoms with Crippen molar-refractivity contribution in [1.82, 2.24) is 4.90 Å². The third-order valence-corrected chi connectivity index (χ3v) is 2.59. The molecular formula is C10H18N2O. The molecule has 1 saturated heterocycles. The lowest BCUT2D eigenvalue weighted by atomic mass is 10.1. The van der Waals surface area contributed by atoms with Crippen molar-refractivity contribution in [2.75, 3.05) is 6.54 Å². The molecule has 0 aromatic heterocycles. The first-order chi connectivity index (χ1) is 6.06. The first-order valence-corrected chi connectivity index (χ1v) is 4.80. The summed E-state index contributed by atoms with van der Waals surface area (Å²) in [6.07, 6.45) is 1.75. The van der Waals surface area contributed by atoms with Gasteiger partial charge in [-0.05, 0) is 18.8 Å². The third-order valence-electron chi connectivity index (χ3n) is 2.59. The molecular weight excluding hydrogens is 164 g/mol. The Kier molecular flexibility index (Phi) is 2.96. The van der Waals surface area contributed by atoms with Gasteiger partial charge in [0.1, 0.15) is 6.04 Å². The monoisotopic (exact) mass is 182 g/mol. The van der Waals surface area contributed by atoms with Crippen LogP contribution in [0.15, 0.2) is 12.3 Å². The average molecular weight is 182 g/mol. The molecule has 0 spiro atoms. The molecule has 1 aliphatic rings. The van der Waals surface area contributed by atoms with Crippen molar-refractivity contribution < 1.29 is 4.79 Å². The maximum Gasteiger partial charge on any atom is 0.240 e. The van der Waals surface area contributed by atoms with Crippen LogP contribution in [0.3, 0.4) is 0 Å². The van der Waals surface area contributed by atoms with E-state index >= 15 is 0 Å². The highest BCUT2D eigenvalue weighted by Crippen LogP contribution is 2.27. The maximum absolute atomic E-state index is 11.1. The highest BCUT2D eigenvalue weighted by atomic mass is 16.1. The standard InChI is InChI=1S/C10H18N2O/c1-4-9(10(11)13)12-6-7(2)5-8(12)3/h7,9H,3-6H2,1-2H3,(H2,11,13). The number of likely N-dealkylation sites (tertiary alicyclic amines) is 1. The van der Waals surface area contributed by atoms with Crippen molar-refractivity contribution >= 4 is 5.91 Å². The zero-order valence-electron chi connectivity index (χ0n) is 8.42. The van der Waals surface area contributed by atoms with Gasteiger partial charge in [-0.15, -0.1) is 0 Å². The van der Waals surface area contributed by atoms with Crippen LogP contribution < -0.4 is 5.73 Å². The van der Waals surface area contributed by atoms with Gasteiger partial charge in [-0.25, -0.2) is 0 Å².